The number of hydrogen-bond donors (Lipinski definition) is 1. The maximum absolute atomic E-state index is 5.84. The molecule has 16 heavy (non-hydrogen) atoms. The second-order valence-corrected chi connectivity index (χ2v) is 5.37. The van der Waals surface area contributed by atoms with Gasteiger partial charge in [0.1, 0.15) is 0 Å². The highest BCUT2D eigenvalue weighted by atomic mass is 79.9. The number of ether oxygens (including phenoxy) is 1. The summed E-state index contributed by atoms with van der Waals surface area (Å²) in [7, 11) is 2.01. The van der Waals surface area contributed by atoms with Crippen molar-refractivity contribution in [2.24, 2.45) is 5.92 Å². The summed E-state index contributed by atoms with van der Waals surface area (Å²) in [4.78, 5) is 0. The summed E-state index contributed by atoms with van der Waals surface area (Å²) >= 11 is 3.43. The average molecular weight is 284 g/mol. The number of hydrogen-bond acceptors (Lipinski definition) is 2. The molecule has 1 aliphatic carbocycles. The molecule has 0 amide bonds. The van der Waals surface area contributed by atoms with Gasteiger partial charge in [0, 0.05) is 4.47 Å². The van der Waals surface area contributed by atoms with E-state index >= 15 is 0 Å². The smallest absolute Gasteiger partial charge is 0.0720 e. The molecule has 0 saturated heterocycles. The Bertz CT molecular complexity index is 319. The zero-order chi connectivity index (χ0) is 11.4. The predicted octanol–water partition coefficient (Wildman–Crippen LogP) is 2.96. The molecule has 1 aliphatic rings. The van der Waals surface area contributed by atoms with Crippen LogP contribution in [0.2, 0.25) is 0 Å². The van der Waals surface area contributed by atoms with Crippen molar-refractivity contribution in [3.63, 3.8) is 0 Å². The van der Waals surface area contributed by atoms with Gasteiger partial charge in [-0.1, -0.05) is 28.1 Å². The Kier molecular flexibility index (Phi) is 4.38. The Morgan fingerprint density at radius 1 is 1.31 bits per heavy atom. The van der Waals surface area contributed by atoms with E-state index in [1.54, 1.807) is 0 Å². The quantitative estimate of drug-likeness (QED) is 0.897. The standard InChI is InChI=1S/C13H18BrNO/c1-15-8-11-6-13(7-11)16-9-10-2-4-12(14)5-3-10/h2-5,11,13,15H,6-9H2,1H3. The van der Waals surface area contributed by atoms with Crippen LogP contribution in [0.5, 0.6) is 0 Å². The van der Waals surface area contributed by atoms with Gasteiger partial charge in [-0.25, -0.2) is 0 Å². The zero-order valence-electron chi connectivity index (χ0n) is 9.58. The lowest BCUT2D eigenvalue weighted by atomic mass is 9.82. The molecule has 1 aromatic carbocycles. The third-order valence-corrected chi connectivity index (χ3v) is 3.61. The molecule has 1 N–H and O–H groups in total. The van der Waals surface area contributed by atoms with Gasteiger partial charge in [0.05, 0.1) is 12.7 Å². The van der Waals surface area contributed by atoms with Crippen LogP contribution in [0.15, 0.2) is 28.7 Å². The Hall–Kier alpha value is -0.380. The van der Waals surface area contributed by atoms with Gasteiger partial charge in [0.15, 0.2) is 0 Å². The van der Waals surface area contributed by atoms with Crippen LogP contribution in [0.4, 0.5) is 0 Å². The second-order valence-electron chi connectivity index (χ2n) is 4.45. The highest BCUT2D eigenvalue weighted by Gasteiger charge is 2.28. The Balaban J connectivity index is 1.67. The van der Waals surface area contributed by atoms with E-state index in [0.717, 1.165) is 23.5 Å². The fourth-order valence-corrected chi connectivity index (χ4v) is 2.32. The molecule has 0 heterocycles. The fraction of sp³-hybridized carbons (Fsp3) is 0.538. The van der Waals surface area contributed by atoms with Crippen molar-refractivity contribution in [1.29, 1.82) is 0 Å². The highest BCUT2D eigenvalue weighted by molar-refractivity contribution is 9.10. The van der Waals surface area contributed by atoms with E-state index in [1.807, 2.05) is 7.05 Å². The van der Waals surface area contributed by atoms with Crippen LogP contribution in [-0.4, -0.2) is 19.7 Å². The summed E-state index contributed by atoms with van der Waals surface area (Å²) < 4.78 is 6.96. The molecule has 0 aliphatic heterocycles. The highest BCUT2D eigenvalue weighted by Crippen LogP contribution is 2.30. The van der Waals surface area contributed by atoms with E-state index in [4.69, 9.17) is 4.74 Å². The molecule has 0 aromatic heterocycles. The maximum atomic E-state index is 5.84. The van der Waals surface area contributed by atoms with Crippen molar-refractivity contribution in [3.05, 3.63) is 34.3 Å². The lowest BCUT2D eigenvalue weighted by molar-refractivity contribution is -0.0391. The van der Waals surface area contributed by atoms with Crippen molar-refractivity contribution < 1.29 is 4.74 Å². The molecule has 0 radical (unpaired) electrons. The maximum Gasteiger partial charge on any atom is 0.0720 e. The van der Waals surface area contributed by atoms with Crippen molar-refractivity contribution in [2.45, 2.75) is 25.6 Å². The second kappa shape index (κ2) is 5.80. The topological polar surface area (TPSA) is 21.3 Å². The summed E-state index contributed by atoms with van der Waals surface area (Å²) in [5.74, 6) is 0.819. The van der Waals surface area contributed by atoms with Crippen molar-refractivity contribution in [3.8, 4) is 0 Å². The van der Waals surface area contributed by atoms with Gasteiger partial charge in [-0.05, 0) is 50.0 Å². The zero-order valence-corrected chi connectivity index (χ0v) is 11.2. The minimum Gasteiger partial charge on any atom is -0.374 e. The first-order valence-corrected chi connectivity index (χ1v) is 6.58. The van der Waals surface area contributed by atoms with Crippen molar-refractivity contribution >= 4 is 15.9 Å². The Morgan fingerprint density at radius 3 is 2.62 bits per heavy atom. The first-order chi connectivity index (χ1) is 7.78. The third-order valence-electron chi connectivity index (χ3n) is 3.08. The molecule has 0 spiro atoms. The van der Waals surface area contributed by atoms with Gasteiger partial charge in [-0.2, -0.15) is 0 Å². The SMILES string of the molecule is CNCC1CC(OCc2ccc(Br)cc2)C1. The lowest BCUT2D eigenvalue weighted by Gasteiger charge is -2.35. The van der Waals surface area contributed by atoms with Crippen LogP contribution in [0, 0.1) is 5.92 Å². The summed E-state index contributed by atoms with van der Waals surface area (Å²) in [6, 6.07) is 8.33. The minimum atomic E-state index is 0.474. The molecule has 1 aromatic rings. The summed E-state index contributed by atoms with van der Waals surface area (Å²) in [6.45, 7) is 1.86. The van der Waals surface area contributed by atoms with Crippen LogP contribution < -0.4 is 5.32 Å². The monoisotopic (exact) mass is 283 g/mol. The molecule has 2 rings (SSSR count). The number of rotatable bonds is 5. The molecule has 0 unspecified atom stereocenters. The van der Waals surface area contributed by atoms with Gasteiger partial charge >= 0.3 is 0 Å². The van der Waals surface area contributed by atoms with Gasteiger partial charge < -0.3 is 10.1 Å². The molecule has 0 atom stereocenters. The van der Waals surface area contributed by atoms with E-state index in [2.05, 4.69) is 45.5 Å². The molecule has 2 nitrogen and oxygen atoms in total. The van der Waals surface area contributed by atoms with E-state index < -0.39 is 0 Å². The molecule has 0 bridgehead atoms. The first kappa shape index (κ1) is 12.1. The van der Waals surface area contributed by atoms with Gasteiger partial charge in [0.25, 0.3) is 0 Å². The van der Waals surface area contributed by atoms with Gasteiger partial charge in [0.2, 0.25) is 0 Å². The van der Waals surface area contributed by atoms with Crippen LogP contribution in [-0.2, 0) is 11.3 Å². The van der Waals surface area contributed by atoms with E-state index in [1.165, 1.54) is 18.4 Å². The fourth-order valence-electron chi connectivity index (χ4n) is 2.06. The molecule has 1 fully saturated rings. The Labute approximate surface area is 106 Å². The number of halogens is 1. The summed E-state index contributed by atoms with van der Waals surface area (Å²) in [5, 5.41) is 3.21. The molecular formula is C13H18BrNO. The van der Waals surface area contributed by atoms with Gasteiger partial charge in [-0.15, -0.1) is 0 Å². The van der Waals surface area contributed by atoms with E-state index in [9.17, 15) is 0 Å². The van der Waals surface area contributed by atoms with Crippen LogP contribution in [0.3, 0.4) is 0 Å². The number of benzene rings is 1. The average Bonchev–Trinajstić information content (AvgIpc) is 2.24. The van der Waals surface area contributed by atoms with E-state index in [0.29, 0.717) is 6.10 Å². The summed E-state index contributed by atoms with van der Waals surface area (Å²) in [6.07, 6.45) is 2.89. The number of nitrogens with one attached hydrogen (secondary N) is 1. The van der Waals surface area contributed by atoms with Crippen LogP contribution in [0.1, 0.15) is 18.4 Å². The molecule has 3 heteroatoms. The lowest BCUT2D eigenvalue weighted by Crippen LogP contribution is -2.36. The predicted molar refractivity (Wildman–Crippen MR) is 69.4 cm³/mol. The van der Waals surface area contributed by atoms with Crippen LogP contribution in [0.25, 0.3) is 0 Å². The minimum absolute atomic E-state index is 0.474. The first-order valence-electron chi connectivity index (χ1n) is 5.78. The summed E-state index contributed by atoms with van der Waals surface area (Å²) in [5.41, 5.74) is 1.25. The molecule has 88 valence electrons. The van der Waals surface area contributed by atoms with Crippen molar-refractivity contribution in [2.75, 3.05) is 13.6 Å². The molecule has 1 saturated carbocycles. The van der Waals surface area contributed by atoms with E-state index in [-0.39, 0.29) is 0 Å². The van der Waals surface area contributed by atoms with Gasteiger partial charge in [-0.3, -0.25) is 0 Å². The third kappa shape index (κ3) is 3.30. The van der Waals surface area contributed by atoms with Crippen molar-refractivity contribution in [1.82, 2.24) is 5.32 Å². The molecular weight excluding hydrogens is 266 g/mol. The Morgan fingerprint density at radius 2 is 2.00 bits per heavy atom. The van der Waals surface area contributed by atoms with Crippen LogP contribution >= 0.6 is 15.9 Å². The largest absolute Gasteiger partial charge is 0.374 e. The normalized spacial score (nSPS) is 24.1.